The Morgan fingerprint density at radius 1 is 1.18 bits per heavy atom. The third-order valence-corrected chi connectivity index (χ3v) is 6.25. The Hall–Kier alpha value is -3.11. The number of hydrogen-bond acceptors (Lipinski definition) is 7. The lowest BCUT2D eigenvalue weighted by atomic mass is 10.2. The summed E-state index contributed by atoms with van der Waals surface area (Å²) in [5, 5.41) is 12.9. The van der Waals surface area contributed by atoms with E-state index in [-0.39, 0.29) is 17.8 Å². The first-order valence-electron chi connectivity index (χ1n) is 10.7. The van der Waals surface area contributed by atoms with Gasteiger partial charge in [-0.1, -0.05) is 33.8 Å². The van der Waals surface area contributed by atoms with E-state index in [2.05, 4.69) is 31.4 Å². The molecule has 10 heteroatoms. The van der Waals surface area contributed by atoms with Crippen LogP contribution in [0.1, 0.15) is 31.1 Å². The summed E-state index contributed by atoms with van der Waals surface area (Å²) in [5.41, 5.74) is 1.67. The van der Waals surface area contributed by atoms with E-state index in [1.165, 1.54) is 11.8 Å². The first-order valence-corrected chi connectivity index (χ1v) is 12.5. The molecule has 4 aromatic rings. The number of ether oxygens (including phenoxy) is 1. The monoisotopic (exact) mass is 542 g/mol. The molecule has 1 amide bonds. The number of nitrogens with zero attached hydrogens (tertiary/aromatic N) is 3. The first kappa shape index (κ1) is 24.0. The SMILES string of the molecule is CCn1c(SCC(=O)Nc2cccc(C(=O)OC(C)C)c2)nnc1-c1cc2cc(Br)ccc2o1. The van der Waals surface area contributed by atoms with Crippen molar-refractivity contribution in [1.29, 1.82) is 0 Å². The number of esters is 1. The molecule has 0 bridgehead atoms. The Labute approximate surface area is 209 Å². The number of carbonyl (C=O) groups excluding carboxylic acids is 2. The molecule has 2 aromatic heterocycles. The lowest BCUT2D eigenvalue weighted by Crippen LogP contribution is -2.16. The van der Waals surface area contributed by atoms with Gasteiger partial charge in [-0.25, -0.2) is 4.79 Å². The molecule has 0 aliphatic heterocycles. The number of nitrogens with one attached hydrogen (secondary N) is 1. The zero-order valence-electron chi connectivity index (χ0n) is 18.9. The van der Waals surface area contributed by atoms with E-state index in [9.17, 15) is 9.59 Å². The molecule has 2 heterocycles. The second kappa shape index (κ2) is 10.4. The smallest absolute Gasteiger partial charge is 0.338 e. The lowest BCUT2D eigenvalue weighted by Gasteiger charge is -2.10. The van der Waals surface area contributed by atoms with Crippen molar-refractivity contribution >= 4 is 56.2 Å². The van der Waals surface area contributed by atoms with Crippen LogP contribution < -0.4 is 5.32 Å². The fraction of sp³-hybridized carbons (Fsp3) is 0.250. The molecule has 0 fully saturated rings. The number of furan rings is 1. The topological polar surface area (TPSA) is 99.2 Å². The highest BCUT2D eigenvalue weighted by atomic mass is 79.9. The number of carbonyl (C=O) groups is 2. The van der Waals surface area contributed by atoms with Crippen molar-refractivity contribution < 1.29 is 18.7 Å². The van der Waals surface area contributed by atoms with Gasteiger partial charge in [0.2, 0.25) is 11.7 Å². The summed E-state index contributed by atoms with van der Waals surface area (Å²) in [7, 11) is 0. The number of benzene rings is 2. The second-order valence-electron chi connectivity index (χ2n) is 7.71. The third-order valence-electron chi connectivity index (χ3n) is 4.79. The average molecular weight is 543 g/mol. The molecule has 34 heavy (non-hydrogen) atoms. The maximum atomic E-state index is 12.5. The van der Waals surface area contributed by atoms with E-state index < -0.39 is 5.97 Å². The number of aromatic nitrogens is 3. The van der Waals surface area contributed by atoms with Gasteiger partial charge in [0.25, 0.3) is 0 Å². The van der Waals surface area contributed by atoms with Crippen molar-refractivity contribution in [2.45, 2.75) is 38.6 Å². The van der Waals surface area contributed by atoms with E-state index in [1.54, 1.807) is 38.1 Å². The van der Waals surface area contributed by atoms with Crippen molar-refractivity contribution in [2.75, 3.05) is 11.1 Å². The van der Waals surface area contributed by atoms with Gasteiger partial charge < -0.3 is 14.5 Å². The number of hydrogen-bond donors (Lipinski definition) is 1. The first-order chi connectivity index (χ1) is 16.3. The standard InChI is InChI=1S/C24H23BrN4O4S/c1-4-29-22(20-12-16-10-17(25)8-9-19(16)33-20)27-28-24(29)34-13-21(30)26-18-7-5-6-15(11-18)23(31)32-14(2)3/h5-12,14H,4,13H2,1-3H3,(H,26,30). The quantitative estimate of drug-likeness (QED) is 0.223. The highest BCUT2D eigenvalue weighted by Crippen LogP contribution is 2.30. The van der Waals surface area contributed by atoms with Gasteiger partial charge in [0.15, 0.2) is 10.9 Å². The number of anilines is 1. The van der Waals surface area contributed by atoms with Crippen LogP contribution in [0.15, 0.2) is 62.6 Å². The molecule has 176 valence electrons. The number of halogens is 1. The van der Waals surface area contributed by atoms with Crippen molar-refractivity contribution in [2.24, 2.45) is 0 Å². The van der Waals surface area contributed by atoms with Crippen LogP contribution in [-0.2, 0) is 16.1 Å². The predicted octanol–water partition coefficient (Wildman–Crippen LogP) is 5.77. The molecule has 0 spiro atoms. The molecule has 0 unspecified atom stereocenters. The Balaban J connectivity index is 1.43. The Morgan fingerprint density at radius 3 is 2.76 bits per heavy atom. The third kappa shape index (κ3) is 5.51. The molecule has 0 radical (unpaired) electrons. The van der Waals surface area contributed by atoms with E-state index in [0.717, 1.165) is 15.4 Å². The molecule has 0 aliphatic carbocycles. The van der Waals surface area contributed by atoms with Crippen LogP contribution in [0.4, 0.5) is 5.69 Å². The minimum atomic E-state index is -0.429. The Kier molecular flexibility index (Phi) is 7.38. The number of fused-ring (bicyclic) bond motifs is 1. The summed E-state index contributed by atoms with van der Waals surface area (Å²) in [6.45, 7) is 6.17. The molecule has 0 aliphatic rings. The largest absolute Gasteiger partial charge is 0.459 e. The van der Waals surface area contributed by atoms with Gasteiger partial charge in [0.05, 0.1) is 17.4 Å². The summed E-state index contributed by atoms with van der Waals surface area (Å²) >= 11 is 4.75. The number of thioether (sulfide) groups is 1. The Bertz CT molecular complexity index is 1350. The zero-order chi connectivity index (χ0) is 24.2. The number of amides is 1. The van der Waals surface area contributed by atoms with Gasteiger partial charge in [-0.2, -0.15) is 0 Å². The zero-order valence-corrected chi connectivity index (χ0v) is 21.3. The molecule has 2 aromatic carbocycles. The minimum Gasteiger partial charge on any atom is -0.459 e. The van der Waals surface area contributed by atoms with Crippen LogP contribution in [0.5, 0.6) is 0 Å². The summed E-state index contributed by atoms with van der Waals surface area (Å²) in [6.07, 6.45) is -0.218. The van der Waals surface area contributed by atoms with Crippen molar-refractivity contribution in [3.8, 4) is 11.6 Å². The molecule has 1 N–H and O–H groups in total. The van der Waals surface area contributed by atoms with Gasteiger partial charge in [-0.05, 0) is 63.2 Å². The molecule has 4 rings (SSSR count). The van der Waals surface area contributed by atoms with E-state index in [0.29, 0.717) is 34.5 Å². The fourth-order valence-electron chi connectivity index (χ4n) is 3.32. The van der Waals surface area contributed by atoms with Gasteiger partial charge in [-0.3, -0.25) is 9.36 Å². The van der Waals surface area contributed by atoms with Crippen molar-refractivity contribution in [1.82, 2.24) is 14.8 Å². The van der Waals surface area contributed by atoms with E-state index >= 15 is 0 Å². The van der Waals surface area contributed by atoms with E-state index in [1.807, 2.05) is 35.8 Å². The molecule has 0 saturated carbocycles. The van der Waals surface area contributed by atoms with Gasteiger partial charge in [0.1, 0.15) is 5.58 Å². The Morgan fingerprint density at radius 2 is 2.00 bits per heavy atom. The summed E-state index contributed by atoms with van der Waals surface area (Å²) in [6, 6.07) is 14.4. The highest BCUT2D eigenvalue weighted by Gasteiger charge is 2.18. The normalized spacial score (nSPS) is 11.2. The maximum Gasteiger partial charge on any atom is 0.338 e. The van der Waals surface area contributed by atoms with Crippen LogP contribution in [0, 0.1) is 0 Å². The van der Waals surface area contributed by atoms with Crippen LogP contribution in [-0.4, -0.2) is 38.5 Å². The predicted molar refractivity (Wildman–Crippen MR) is 135 cm³/mol. The molecular weight excluding hydrogens is 520 g/mol. The summed E-state index contributed by atoms with van der Waals surface area (Å²) in [4.78, 5) is 24.6. The van der Waals surface area contributed by atoms with E-state index in [4.69, 9.17) is 9.15 Å². The van der Waals surface area contributed by atoms with Gasteiger partial charge in [-0.15, -0.1) is 10.2 Å². The van der Waals surface area contributed by atoms with Gasteiger partial charge >= 0.3 is 5.97 Å². The molecular formula is C24H23BrN4O4S. The summed E-state index contributed by atoms with van der Waals surface area (Å²) < 4.78 is 14.0. The fourth-order valence-corrected chi connectivity index (χ4v) is 4.50. The van der Waals surface area contributed by atoms with Crippen LogP contribution in [0.2, 0.25) is 0 Å². The maximum absolute atomic E-state index is 12.5. The van der Waals surface area contributed by atoms with Crippen LogP contribution >= 0.6 is 27.7 Å². The number of rotatable bonds is 8. The molecule has 8 nitrogen and oxygen atoms in total. The van der Waals surface area contributed by atoms with Crippen molar-refractivity contribution in [3.05, 3.63) is 58.6 Å². The highest BCUT2D eigenvalue weighted by molar-refractivity contribution is 9.10. The van der Waals surface area contributed by atoms with Gasteiger partial charge in [0, 0.05) is 22.1 Å². The minimum absolute atomic E-state index is 0.131. The van der Waals surface area contributed by atoms with Crippen molar-refractivity contribution in [3.63, 3.8) is 0 Å². The van der Waals surface area contributed by atoms with Crippen LogP contribution in [0.25, 0.3) is 22.6 Å². The van der Waals surface area contributed by atoms with Crippen LogP contribution in [0.3, 0.4) is 0 Å². The summed E-state index contributed by atoms with van der Waals surface area (Å²) in [5.74, 6) is 0.700. The average Bonchev–Trinajstić information content (AvgIpc) is 3.40. The molecule has 0 saturated heterocycles. The lowest BCUT2D eigenvalue weighted by molar-refractivity contribution is -0.113. The molecule has 0 atom stereocenters. The second-order valence-corrected chi connectivity index (χ2v) is 9.57.